The average molecular weight is 330 g/mol. The number of nitrogens with one attached hydrogen (secondary N) is 1. The Morgan fingerprint density at radius 3 is 3.00 bits per heavy atom. The van der Waals surface area contributed by atoms with Crippen molar-refractivity contribution in [3.63, 3.8) is 0 Å². The highest BCUT2D eigenvalue weighted by atomic mass is 19.1. The van der Waals surface area contributed by atoms with E-state index in [4.69, 9.17) is 0 Å². The number of nitrogens with zero attached hydrogens (tertiary/aromatic N) is 3. The molecular formula is C17H19FN4O2. The van der Waals surface area contributed by atoms with E-state index in [-0.39, 0.29) is 30.6 Å². The number of aryl methyl sites for hydroxylation is 1. The van der Waals surface area contributed by atoms with Crippen LogP contribution in [0.15, 0.2) is 36.9 Å². The van der Waals surface area contributed by atoms with Crippen molar-refractivity contribution in [3.05, 3.63) is 48.3 Å². The Kier molecular flexibility index (Phi) is 4.59. The number of aromatic nitrogens is 2. The van der Waals surface area contributed by atoms with Crippen LogP contribution in [-0.4, -0.2) is 34.5 Å². The molecule has 2 heterocycles. The van der Waals surface area contributed by atoms with Gasteiger partial charge in [-0.1, -0.05) is 6.07 Å². The lowest BCUT2D eigenvalue weighted by molar-refractivity contribution is -0.126. The zero-order valence-electron chi connectivity index (χ0n) is 13.4. The molecule has 0 unspecified atom stereocenters. The Morgan fingerprint density at radius 1 is 1.46 bits per heavy atom. The Hall–Kier alpha value is -2.70. The van der Waals surface area contributed by atoms with Crippen molar-refractivity contribution in [1.82, 2.24) is 14.9 Å². The first-order chi connectivity index (χ1) is 11.5. The van der Waals surface area contributed by atoms with E-state index >= 15 is 0 Å². The fraction of sp³-hybridized carbons (Fsp3) is 0.353. The second-order valence-corrected chi connectivity index (χ2v) is 5.93. The number of rotatable bonds is 5. The highest BCUT2D eigenvalue weighted by Crippen LogP contribution is 2.26. The van der Waals surface area contributed by atoms with Gasteiger partial charge in [-0.25, -0.2) is 9.37 Å². The fourth-order valence-electron chi connectivity index (χ4n) is 2.75. The van der Waals surface area contributed by atoms with Crippen molar-refractivity contribution in [1.29, 1.82) is 0 Å². The van der Waals surface area contributed by atoms with E-state index in [1.807, 2.05) is 10.8 Å². The molecule has 1 aliphatic heterocycles. The molecular weight excluding hydrogens is 311 g/mol. The van der Waals surface area contributed by atoms with E-state index in [0.29, 0.717) is 24.3 Å². The van der Waals surface area contributed by atoms with Crippen molar-refractivity contribution >= 4 is 17.5 Å². The quantitative estimate of drug-likeness (QED) is 0.903. The van der Waals surface area contributed by atoms with Gasteiger partial charge >= 0.3 is 0 Å². The second-order valence-electron chi connectivity index (χ2n) is 5.93. The van der Waals surface area contributed by atoms with Crippen molar-refractivity contribution in [2.75, 3.05) is 18.0 Å². The van der Waals surface area contributed by atoms with Crippen LogP contribution in [0.1, 0.15) is 12.0 Å². The molecule has 3 rings (SSSR count). The number of amides is 2. The van der Waals surface area contributed by atoms with Crippen molar-refractivity contribution in [2.24, 2.45) is 5.92 Å². The molecule has 1 aliphatic rings. The van der Waals surface area contributed by atoms with E-state index in [1.54, 1.807) is 31.6 Å². The number of benzene rings is 1. The van der Waals surface area contributed by atoms with Gasteiger partial charge in [0.15, 0.2) is 0 Å². The smallest absolute Gasteiger partial charge is 0.227 e. The van der Waals surface area contributed by atoms with E-state index in [0.717, 1.165) is 0 Å². The Labute approximate surface area is 139 Å². The van der Waals surface area contributed by atoms with Crippen molar-refractivity contribution in [2.45, 2.75) is 19.9 Å². The summed E-state index contributed by atoms with van der Waals surface area (Å²) in [5, 5.41) is 2.84. The molecule has 1 N–H and O–H groups in total. The Bertz CT molecular complexity index is 745. The highest BCUT2D eigenvalue weighted by molar-refractivity contribution is 6.00. The summed E-state index contributed by atoms with van der Waals surface area (Å²) in [6, 6.07) is 4.68. The van der Waals surface area contributed by atoms with E-state index in [1.165, 1.54) is 11.0 Å². The molecule has 1 fully saturated rings. The molecule has 0 radical (unpaired) electrons. The summed E-state index contributed by atoms with van der Waals surface area (Å²) in [6.07, 6.45) is 5.32. The minimum atomic E-state index is -0.412. The zero-order valence-corrected chi connectivity index (χ0v) is 13.4. The second kappa shape index (κ2) is 6.82. The predicted molar refractivity (Wildman–Crippen MR) is 86.8 cm³/mol. The third kappa shape index (κ3) is 3.45. The predicted octanol–water partition coefficient (Wildman–Crippen LogP) is 1.50. The number of carbonyl (C=O) groups is 2. The van der Waals surface area contributed by atoms with Crippen LogP contribution in [0.4, 0.5) is 10.1 Å². The molecule has 2 amide bonds. The number of halogens is 1. The van der Waals surface area contributed by atoms with Crippen LogP contribution >= 0.6 is 0 Å². The van der Waals surface area contributed by atoms with Crippen LogP contribution in [0.25, 0.3) is 0 Å². The number of hydrogen-bond acceptors (Lipinski definition) is 3. The standard InChI is InChI=1S/C17H19FN4O2/c1-12-2-3-14(9-15(12)18)22-10-13(8-16(22)23)17(24)20-5-7-21-6-4-19-11-21/h2-4,6,9,11,13H,5,7-8,10H2,1H3,(H,20,24)/t13-/m0/s1. The third-order valence-electron chi connectivity index (χ3n) is 4.19. The van der Waals surface area contributed by atoms with E-state index in [9.17, 15) is 14.0 Å². The monoisotopic (exact) mass is 330 g/mol. The summed E-state index contributed by atoms with van der Waals surface area (Å²) in [6.45, 7) is 3.04. The van der Waals surface area contributed by atoms with Gasteiger partial charge in [-0.05, 0) is 24.6 Å². The zero-order chi connectivity index (χ0) is 17.1. The molecule has 0 bridgehead atoms. The van der Waals surface area contributed by atoms with Crippen LogP contribution < -0.4 is 10.2 Å². The minimum absolute atomic E-state index is 0.145. The highest BCUT2D eigenvalue weighted by Gasteiger charge is 2.35. The topological polar surface area (TPSA) is 67.2 Å². The normalized spacial score (nSPS) is 17.3. The lowest BCUT2D eigenvalue weighted by Crippen LogP contribution is -2.34. The maximum atomic E-state index is 13.7. The SMILES string of the molecule is Cc1ccc(N2C[C@@H](C(=O)NCCn3ccnc3)CC2=O)cc1F. The number of hydrogen-bond donors (Lipinski definition) is 1. The molecule has 0 saturated carbocycles. The molecule has 0 aliphatic carbocycles. The van der Waals surface area contributed by atoms with E-state index < -0.39 is 5.92 Å². The lowest BCUT2D eigenvalue weighted by Gasteiger charge is -2.17. The van der Waals surface area contributed by atoms with Gasteiger partial charge in [0.25, 0.3) is 0 Å². The van der Waals surface area contributed by atoms with Crippen LogP contribution in [-0.2, 0) is 16.1 Å². The van der Waals surface area contributed by atoms with E-state index in [2.05, 4.69) is 10.3 Å². The van der Waals surface area contributed by atoms with Crippen LogP contribution in [0.2, 0.25) is 0 Å². The van der Waals surface area contributed by atoms with Crippen molar-refractivity contribution < 1.29 is 14.0 Å². The van der Waals surface area contributed by atoms with Gasteiger partial charge in [-0.15, -0.1) is 0 Å². The molecule has 1 aromatic heterocycles. The molecule has 6 nitrogen and oxygen atoms in total. The van der Waals surface area contributed by atoms with Gasteiger partial charge in [0.1, 0.15) is 5.82 Å². The first-order valence-electron chi connectivity index (χ1n) is 7.84. The van der Waals surface area contributed by atoms with Crippen molar-refractivity contribution in [3.8, 4) is 0 Å². The maximum Gasteiger partial charge on any atom is 0.227 e. The lowest BCUT2D eigenvalue weighted by atomic mass is 10.1. The molecule has 1 atom stereocenters. The molecule has 2 aromatic rings. The molecule has 0 spiro atoms. The summed E-state index contributed by atoms with van der Waals surface area (Å²) < 4.78 is 15.6. The Morgan fingerprint density at radius 2 is 2.29 bits per heavy atom. The first kappa shape index (κ1) is 16.2. The summed E-state index contributed by atoms with van der Waals surface area (Å²) >= 11 is 0. The molecule has 126 valence electrons. The van der Waals surface area contributed by atoms with Crippen LogP contribution in [0.3, 0.4) is 0 Å². The third-order valence-corrected chi connectivity index (χ3v) is 4.19. The number of carbonyl (C=O) groups excluding carboxylic acids is 2. The summed E-state index contributed by atoms with van der Waals surface area (Å²) in [5.41, 5.74) is 1.02. The van der Waals surface area contributed by atoms with Gasteiger partial charge in [0.05, 0.1) is 12.2 Å². The van der Waals surface area contributed by atoms with Gasteiger partial charge in [-0.3, -0.25) is 9.59 Å². The minimum Gasteiger partial charge on any atom is -0.354 e. The fourth-order valence-corrected chi connectivity index (χ4v) is 2.75. The van der Waals surface area contributed by atoms with Gasteiger partial charge in [0.2, 0.25) is 11.8 Å². The molecule has 24 heavy (non-hydrogen) atoms. The first-order valence-corrected chi connectivity index (χ1v) is 7.84. The largest absolute Gasteiger partial charge is 0.354 e. The molecule has 1 aromatic carbocycles. The number of imidazole rings is 1. The molecule has 1 saturated heterocycles. The number of anilines is 1. The summed E-state index contributed by atoms with van der Waals surface area (Å²) in [4.78, 5) is 29.8. The maximum absolute atomic E-state index is 13.7. The van der Waals surface area contributed by atoms with Crippen LogP contribution in [0.5, 0.6) is 0 Å². The van der Waals surface area contributed by atoms with Crippen LogP contribution in [0, 0.1) is 18.7 Å². The average Bonchev–Trinajstić information content (AvgIpc) is 3.20. The Balaban J connectivity index is 1.57. The molecule has 7 heteroatoms. The van der Waals surface area contributed by atoms with Gasteiger partial charge < -0.3 is 14.8 Å². The summed E-state index contributed by atoms with van der Waals surface area (Å²) in [5.74, 6) is -1.08. The van der Waals surface area contributed by atoms with Gasteiger partial charge in [0, 0.05) is 44.1 Å². The van der Waals surface area contributed by atoms with Gasteiger partial charge in [-0.2, -0.15) is 0 Å². The summed E-state index contributed by atoms with van der Waals surface area (Å²) in [7, 11) is 0.